The van der Waals surface area contributed by atoms with Crippen LogP contribution in [0.2, 0.25) is 0 Å². The fourth-order valence-corrected chi connectivity index (χ4v) is 6.68. The number of amides is 2. The van der Waals surface area contributed by atoms with Crippen LogP contribution in [0, 0.1) is 0 Å². The van der Waals surface area contributed by atoms with Crippen molar-refractivity contribution in [1.29, 1.82) is 0 Å². The molecule has 4 heterocycles. The molecule has 8 nitrogen and oxygen atoms in total. The van der Waals surface area contributed by atoms with E-state index >= 15 is 0 Å². The highest BCUT2D eigenvalue weighted by atomic mass is 32.2. The lowest BCUT2D eigenvalue weighted by Crippen LogP contribution is -2.35. The van der Waals surface area contributed by atoms with Gasteiger partial charge in [0.1, 0.15) is 0 Å². The van der Waals surface area contributed by atoms with Crippen LogP contribution in [-0.4, -0.2) is 44.2 Å². The van der Waals surface area contributed by atoms with Crippen LogP contribution in [0.5, 0.6) is 0 Å². The molecule has 0 radical (unpaired) electrons. The van der Waals surface area contributed by atoms with Gasteiger partial charge in [0.15, 0.2) is 5.76 Å². The van der Waals surface area contributed by atoms with Gasteiger partial charge in [-0.05, 0) is 73.7 Å². The highest BCUT2D eigenvalue weighted by Crippen LogP contribution is 2.33. The quantitative estimate of drug-likeness (QED) is 0.589. The van der Waals surface area contributed by atoms with E-state index in [0.29, 0.717) is 29.5 Å². The van der Waals surface area contributed by atoms with E-state index in [0.717, 1.165) is 36.9 Å². The molecule has 0 spiro atoms. The van der Waals surface area contributed by atoms with Crippen molar-refractivity contribution in [2.45, 2.75) is 30.6 Å². The van der Waals surface area contributed by atoms with E-state index < -0.39 is 10.0 Å². The number of rotatable bonds is 5. The van der Waals surface area contributed by atoms with Gasteiger partial charge < -0.3 is 14.6 Å². The summed E-state index contributed by atoms with van der Waals surface area (Å²) in [5.41, 5.74) is 1.60. The number of nitrogens with zero attached hydrogens (tertiary/aromatic N) is 2. The van der Waals surface area contributed by atoms with Crippen molar-refractivity contribution in [1.82, 2.24) is 4.31 Å². The highest BCUT2D eigenvalue weighted by Gasteiger charge is 2.30. The van der Waals surface area contributed by atoms with Crippen LogP contribution in [0.1, 0.15) is 45.1 Å². The number of carbonyl (C=O) groups excluding carboxylic acids is 2. The molecule has 0 atom stereocenters. The van der Waals surface area contributed by atoms with Gasteiger partial charge in [-0.25, -0.2) is 8.42 Å². The standard InChI is InChI=1S/C23H23N3O5S2/c27-22(19-6-4-14-31-19)24-21-10-9-20(32-21)23(28)26-13-3-5-16-15-17(7-8-18(16)26)33(29,30)25-11-1-2-12-25/h4,6-10,14-15H,1-3,5,11-13H2,(H,24,27). The first kappa shape index (κ1) is 21.9. The maximum atomic E-state index is 13.3. The minimum Gasteiger partial charge on any atom is -0.459 e. The maximum absolute atomic E-state index is 13.3. The Balaban J connectivity index is 1.35. The van der Waals surface area contributed by atoms with Crippen LogP contribution >= 0.6 is 11.3 Å². The van der Waals surface area contributed by atoms with Gasteiger partial charge in [0, 0.05) is 25.3 Å². The zero-order chi connectivity index (χ0) is 23.0. The van der Waals surface area contributed by atoms with Crippen molar-refractivity contribution in [3.8, 4) is 0 Å². The van der Waals surface area contributed by atoms with Crippen molar-refractivity contribution in [2.75, 3.05) is 29.9 Å². The topological polar surface area (TPSA) is 99.9 Å². The van der Waals surface area contributed by atoms with Gasteiger partial charge in [0.25, 0.3) is 11.8 Å². The van der Waals surface area contributed by atoms with Gasteiger partial charge in [-0.3, -0.25) is 9.59 Å². The summed E-state index contributed by atoms with van der Waals surface area (Å²) in [4.78, 5) is 27.9. The number of hydrogen-bond acceptors (Lipinski definition) is 6. The van der Waals surface area contributed by atoms with E-state index in [1.54, 1.807) is 47.4 Å². The van der Waals surface area contributed by atoms with Crippen molar-refractivity contribution in [2.24, 2.45) is 0 Å². The summed E-state index contributed by atoms with van der Waals surface area (Å²) < 4.78 is 32.5. The van der Waals surface area contributed by atoms with Gasteiger partial charge in [0.2, 0.25) is 10.0 Å². The van der Waals surface area contributed by atoms with E-state index in [1.807, 2.05) is 0 Å². The van der Waals surface area contributed by atoms with Gasteiger partial charge in [0.05, 0.1) is 21.0 Å². The van der Waals surface area contributed by atoms with Gasteiger partial charge >= 0.3 is 0 Å². The van der Waals surface area contributed by atoms with Crippen molar-refractivity contribution >= 4 is 43.9 Å². The van der Waals surface area contributed by atoms with Crippen LogP contribution < -0.4 is 10.2 Å². The molecule has 5 rings (SSSR count). The second-order valence-corrected chi connectivity index (χ2v) is 11.1. The first-order valence-electron chi connectivity index (χ1n) is 10.8. The average molecular weight is 486 g/mol. The molecular weight excluding hydrogens is 462 g/mol. The summed E-state index contributed by atoms with van der Waals surface area (Å²) in [7, 11) is -3.50. The molecule has 1 fully saturated rings. The predicted molar refractivity (Wildman–Crippen MR) is 125 cm³/mol. The van der Waals surface area contributed by atoms with E-state index in [2.05, 4.69) is 5.32 Å². The minimum absolute atomic E-state index is 0.172. The fraction of sp³-hybridized carbons (Fsp3) is 0.304. The van der Waals surface area contributed by atoms with Crippen molar-refractivity contribution < 1.29 is 22.4 Å². The molecular formula is C23H23N3O5S2. The maximum Gasteiger partial charge on any atom is 0.291 e. The zero-order valence-corrected chi connectivity index (χ0v) is 19.5. The number of nitrogens with one attached hydrogen (secondary N) is 1. The van der Waals surface area contributed by atoms with E-state index in [4.69, 9.17) is 4.42 Å². The monoisotopic (exact) mass is 485 g/mol. The number of furan rings is 1. The molecule has 2 aliphatic heterocycles. The van der Waals surface area contributed by atoms with E-state index in [9.17, 15) is 18.0 Å². The molecule has 1 aromatic carbocycles. The number of sulfonamides is 1. The largest absolute Gasteiger partial charge is 0.459 e. The molecule has 172 valence electrons. The Bertz CT molecular complexity index is 1290. The second-order valence-electron chi connectivity index (χ2n) is 8.06. The number of aryl methyl sites for hydroxylation is 1. The molecule has 2 aromatic heterocycles. The zero-order valence-electron chi connectivity index (χ0n) is 17.8. The normalized spacial score (nSPS) is 16.5. The first-order valence-corrected chi connectivity index (χ1v) is 13.1. The number of thiophene rings is 1. The number of benzene rings is 1. The minimum atomic E-state index is -3.50. The smallest absolute Gasteiger partial charge is 0.291 e. The third-order valence-electron chi connectivity index (χ3n) is 5.92. The first-order chi connectivity index (χ1) is 15.9. The Hall–Kier alpha value is -2.95. The summed E-state index contributed by atoms with van der Waals surface area (Å²) >= 11 is 1.19. The molecule has 1 N–H and O–H groups in total. The summed E-state index contributed by atoms with van der Waals surface area (Å²) in [6, 6.07) is 11.6. The van der Waals surface area contributed by atoms with E-state index in [-0.39, 0.29) is 22.5 Å². The van der Waals surface area contributed by atoms with Gasteiger partial charge in [-0.2, -0.15) is 4.31 Å². The Morgan fingerprint density at radius 1 is 1.00 bits per heavy atom. The summed E-state index contributed by atoms with van der Waals surface area (Å²) in [5.74, 6) is -0.355. The molecule has 2 aliphatic rings. The molecule has 0 saturated carbocycles. The number of carbonyl (C=O) groups is 2. The SMILES string of the molecule is O=C(Nc1ccc(C(=O)N2CCCc3cc(S(=O)(=O)N4CCCC4)ccc32)s1)c1ccco1. The second kappa shape index (κ2) is 8.77. The fourth-order valence-electron chi connectivity index (χ4n) is 4.26. The third kappa shape index (κ3) is 4.21. The average Bonchev–Trinajstić information content (AvgIpc) is 3.60. The van der Waals surface area contributed by atoms with E-state index in [1.165, 1.54) is 21.9 Å². The van der Waals surface area contributed by atoms with Crippen LogP contribution in [0.25, 0.3) is 0 Å². The Labute approximate surface area is 195 Å². The Kier molecular flexibility index (Phi) is 5.81. The molecule has 0 bridgehead atoms. The molecule has 1 saturated heterocycles. The highest BCUT2D eigenvalue weighted by molar-refractivity contribution is 7.89. The molecule has 2 amide bonds. The lowest BCUT2D eigenvalue weighted by Gasteiger charge is -2.30. The summed E-state index contributed by atoms with van der Waals surface area (Å²) in [6.45, 7) is 1.67. The number of anilines is 2. The number of hydrogen-bond donors (Lipinski definition) is 1. The lowest BCUT2D eigenvalue weighted by atomic mass is 10.0. The van der Waals surface area contributed by atoms with Crippen LogP contribution in [0.4, 0.5) is 10.7 Å². The lowest BCUT2D eigenvalue weighted by molar-refractivity contribution is 0.0984. The summed E-state index contributed by atoms with van der Waals surface area (Å²) in [6.07, 6.45) is 4.67. The Morgan fingerprint density at radius 3 is 2.58 bits per heavy atom. The van der Waals surface area contributed by atoms with Crippen LogP contribution in [0.15, 0.2) is 58.0 Å². The molecule has 0 unspecified atom stereocenters. The Morgan fingerprint density at radius 2 is 1.82 bits per heavy atom. The van der Waals surface area contributed by atoms with Crippen LogP contribution in [0.3, 0.4) is 0 Å². The molecule has 33 heavy (non-hydrogen) atoms. The van der Waals surface area contributed by atoms with Crippen molar-refractivity contribution in [3.63, 3.8) is 0 Å². The van der Waals surface area contributed by atoms with Crippen molar-refractivity contribution in [3.05, 3.63) is 64.9 Å². The van der Waals surface area contributed by atoms with Crippen LogP contribution in [-0.2, 0) is 16.4 Å². The van der Waals surface area contributed by atoms with Gasteiger partial charge in [-0.15, -0.1) is 11.3 Å². The molecule has 3 aromatic rings. The molecule has 10 heteroatoms. The number of fused-ring (bicyclic) bond motifs is 1. The predicted octanol–water partition coefficient (Wildman–Crippen LogP) is 3.97. The summed E-state index contributed by atoms with van der Waals surface area (Å²) in [5, 5.41) is 3.28. The van der Waals surface area contributed by atoms with Gasteiger partial charge in [-0.1, -0.05) is 0 Å². The third-order valence-corrected chi connectivity index (χ3v) is 8.80. The molecule has 0 aliphatic carbocycles.